The minimum absolute atomic E-state index is 0.149. The van der Waals surface area contributed by atoms with E-state index in [-0.39, 0.29) is 22.5 Å². The molecule has 4 rings (SSSR count). The number of carbonyl (C=O) groups excluding carboxylic acids is 1. The molecule has 1 saturated heterocycles. The van der Waals surface area contributed by atoms with Crippen molar-refractivity contribution >= 4 is 15.9 Å². The summed E-state index contributed by atoms with van der Waals surface area (Å²) in [6.45, 7) is 4.39. The SMILES string of the molecule is Cc1cccc(S(=O)(=O)NC2(C(=O)N3CC(Oc4cc(C)n(C)c(=O)c4)C3)CCCCC2)c1. The van der Waals surface area contributed by atoms with Crippen molar-refractivity contribution in [3.8, 4) is 5.75 Å². The summed E-state index contributed by atoms with van der Waals surface area (Å²) in [5.74, 6) is 0.290. The topological polar surface area (TPSA) is 97.7 Å². The number of ether oxygens (including phenoxy) is 1. The fourth-order valence-electron chi connectivity index (χ4n) is 4.59. The van der Waals surface area contributed by atoms with Crippen LogP contribution in [0.2, 0.25) is 0 Å². The van der Waals surface area contributed by atoms with Crippen molar-refractivity contribution in [3.63, 3.8) is 0 Å². The molecule has 2 aromatic rings. The van der Waals surface area contributed by atoms with Gasteiger partial charge in [-0.15, -0.1) is 0 Å². The Morgan fingerprint density at radius 2 is 1.79 bits per heavy atom. The number of carbonyl (C=O) groups is 1. The van der Waals surface area contributed by atoms with Gasteiger partial charge in [0.2, 0.25) is 15.9 Å². The fraction of sp³-hybridized carbons (Fsp3) is 0.500. The summed E-state index contributed by atoms with van der Waals surface area (Å²) >= 11 is 0. The number of rotatable bonds is 6. The molecule has 1 aromatic carbocycles. The smallest absolute Gasteiger partial charge is 0.254 e. The average molecular weight is 474 g/mol. The molecule has 1 saturated carbocycles. The van der Waals surface area contributed by atoms with Crippen LogP contribution in [0.3, 0.4) is 0 Å². The molecule has 0 atom stereocenters. The minimum atomic E-state index is -3.84. The minimum Gasteiger partial charge on any atom is -0.486 e. The first kappa shape index (κ1) is 23.5. The van der Waals surface area contributed by atoms with E-state index in [4.69, 9.17) is 4.74 Å². The Bertz CT molecular complexity index is 1210. The third-order valence-electron chi connectivity index (χ3n) is 6.66. The van der Waals surface area contributed by atoms with Crippen molar-refractivity contribution in [2.75, 3.05) is 13.1 Å². The first-order chi connectivity index (χ1) is 15.6. The summed E-state index contributed by atoms with van der Waals surface area (Å²) < 4.78 is 36.5. The zero-order valence-electron chi connectivity index (χ0n) is 19.3. The van der Waals surface area contributed by atoms with Crippen LogP contribution in [-0.2, 0) is 21.9 Å². The van der Waals surface area contributed by atoms with E-state index in [1.54, 1.807) is 36.2 Å². The van der Waals surface area contributed by atoms with Crippen molar-refractivity contribution < 1.29 is 17.9 Å². The molecule has 1 aliphatic carbocycles. The number of likely N-dealkylation sites (tertiary alicyclic amines) is 1. The van der Waals surface area contributed by atoms with Crippen molar-refractivity contribution in [2.24, 2.45) is 7.05 Å². The van der Waals surface area contributed by atoms with Crippen LogP contribution in [-0.4, -0.2) is 48.5 Å². The molecule has 1 N–H and O–H groups in total. The lowest BCUT2D eigenvalue weighted by atomic mass is 9.81. The van der Waals surface area contributed by atoms with Crippen LogP contribution in [0.15, 0.2) is 46.1 Å². The van der Waals surface area contributed by atoms with Gasteiger partial charge in [0.1, 0.15) is 17.4 Å². The van der Waals surface area contributed by atoms with Gasteiger partial charge in [0, 0.05) is 18.8 Å². The van der Waals surface area contributed by atoms with E-state index in [0.29, 0.717) is 31.7 Å². The molecular formula is C24H31N3O5S. The summed E-state index contributed by atoms with van der Waals surface area (Å²) in [6.07, 6.45) is 3.30. The lowest BCUT2D eigenvalue weighted by Crippen LogP contribution is -2.66. The van der Waals surface area contributed by atoms with Gasteiger partial charge in [0.15, 0.2) is 0 Å². The van der Waals surface area contributed by atoms with Crippen LogP contribution >= 0.6 is 0 Å². The maximum atomic E-state index is 13.5. The number of nitrogens with one attached hydrogen (secondary N) is 1. The quantitative estimate of drug-likeness (QED) is 0.694. The van der Waals surface area contributed by atoms with Gasteiger partial charge in [0.05, 0.1) is 18.0 Å². The highest BCUT2D eigenvalue weighted by Gasteiger charge is 2.48. The molecule has 2 heterocycles. The number of aromatic nitrogens is 1. The largest absolute Gasteiger partial charge is 0.486 e. The molecule has 1 aromatic heterocycles. The van der Waals surface area contributed by atoms with E-state index < -0.39 is 15.6 Å². The molecule has 0 spiro atoms. The van der Waals surface area contributed by atoms with E-state index in [1.807, 2.05) is 19.9 Å². The number of nitrogens with zero attached hydrogens (tertiary/aromatic N) is 2. The maximum absolute atomic E-state index is 13.5. The lowest BCUT2D eigenvalue weighted by molar-refractivity contribution is -0.148. The molecule has 2 aliphatic rings. The summed E-state index contributed by atoms with van der Waals surface area (Å²) in [4.78, 5) is 27.3. The first-order valence-corrected chi connectivity index (χ1v) is 12.8. The van der Waals surface area contributed by atoms with E-state index in [9.17, 15) is 18.0 Å². The van der Waals surface area contributed by atoms with Gasteiger partial charge >= 0.3 is 0 Å². The van der Waals surface area contributed by atoms with Gasteiger partial charge in [-0.3, -0.25) is 9.59 Å². The number of sulfonamides is 1. The molecule has 2 fully saturated rings. The molecule has 33 heavy (non-hydrogen) atoms. The summed E-state index contributed by atoms with van der Waals surface area (Å²) in [6, 6.07) is 9.94. The lowest BCUT2D eigenvalue weighted by Gasteiger charge is -2.46. The monoisotopic (exact) mass is 473 g/mol. The Labute approximate surface area is 194 Å². The van der Waals surface area contributed by atoms with Crippen LogP contribution in [0.1, 0.15) is 43.4 Å². The van der Waals surface area contributed by atoms with Gasteiger partial charge in [-0.1, -0.05) is 31.4 Å². The zero-order valence-corrected chi connectivity index (χ0v) is 20.2. The standard InChI is InChI=1S/C24H31N3O5S/c1-17-8-7-9-21(12-17)33(30,31)25-24(10-5-4-6-11-24)23(29)27-15-20(16-27)32-19-13-18(2)26(3)22(28)14-19/h7-9,12-14,20,25H,4-6,10-11,15-16H2,1-3H3. The Balaban J connectivity index is 1.47. The molecule has 8 nitrogen and oxygen atoms in total. The second-order valence-corrected chi connectivity index (χ2v) is 10.9. The summed E-state index contributed by atoms with van der Waals surface area (Å²) in [5.41, 5.74) is 0.349. The molecule has 0 bridgehead atoms. The maximum Gasteiger partial charge on any atom is 0.254 e. The Kier molecular flexibility index (Phi) is 6.37. The van der Waals surface area contributed by atoms with Crippen molar-refractivity contribution in [2.45, 2.75) is 62.5 Å². The molecule has 178 valence electrons. The highest BCUT2D eigenvalue weighted by atomic mass is 32.2. The molecule has 1 amide bonds. The Morgan fingerprint density at radius 1 is 1.09 bits per heavy atom. The van der Waals surface area contributed by atoms with Crippen LogP contribution in [0.4, 0.5) is 0 Å². The molecule has 9 heteroatoms. The third-order valence-corrected chi connectivity index (χ3v) is 8.19. The van der Waals surface area contributed by atoms with Gasteiger partial charge in [-0.05, 0) is 50.5 Å². The number of amides is 1. The Morgan fingerprint density at radius 3 is 2.42 bits per heavy atom. The number of hydrogen-bond acceptors (Lipinski definition) is 5. The molecular weight excluding hydrogens is 442 g/mol. The van der Waals surface area contributed by atoms with Gasteiger partial charge < -0.3 is 14.2 Å². The van der Waals surface area contributed by atoms with E-state index in [1.165, 1.54) is 10.6 Å². The van der Waals surface area contributed by atoms with Crippen molar-refractivity contribution in [3.05, 3.63) is 58.0 Å². The predicted octanol–water partition coefficient (Wildman–Crippen LogP) is 2.27. The van der Waals surface area contributed by atoms with Crippen LogP contribution in [0.5, 0.6) is 5.75 Å². The molecule has 0 unspecified atom stereocenters. The second-order valence-electron chi connectivity index (χ2n) is 9.24. The van der Waals surface area contributed by atoms with Crippen LogP contribution in [0, 0.1) is 13.8 Å². The normalized spacial score (nSPS) is 18.6. The van der Waals surface area contributed by atoms with Gasteiger partial charge in [-0.25, -0.2) is 8.42 Å². The van der Waals surface area contributed by atoms with Crippen molar-refractivity contribution in [1.29, 1.82) is 0 Å². The van der Waals surface area contributed by atoms with E-state index >= 15 is 0 Å². The zero-order chi connectivity index (χ0) is 23.8. The number of hydrogen-bond donors (Lipinski definition) is 1. The first-order valence-electron chi connectivity index (χ1n) is 11.3. The molecule has 1 aliphatic heterocycles. The van der Waals surface area contributed by atoms with Gasteiger partial charge in [-0.2, -0.15) is 4.72 Å². The highest BCUT2D eigenvalue weighted by Crippen LogP contribution is 2.33. The number of benzene rings is 1. The van der Waals surface area contributed by atoms with E-state index in [0.717, 1.165) is 30.5 Å². The van der Waals surface area contributed by atoms with Crippen LogP contribution in [0.25, 0.3) is 0 Å². The number of aryl methyl sites for hydroxylation is 2. The predicted molar refractivity (Wildman–Crippen MR) is 125 cm³/mol. The Hall–Kier alpha value is -2.65. The average Bonchev–Trinajstić information content (AvgIpc) is 2.74. The fourth-order valence-corrected chi connectivity index (χ4v) is 6.11. The number of pyridine rings is 1. The second kappa shape index (κ2) is 8.95. The van der Waals surface area contributed by atoms with Crippen molar-refractivity contribution in [1.82, 2.24) is 14.2 Å². The summed E-state index contributed by atoms with van der Waals surface area (Å²) in [7, 11) is -2.14. The van der Waals surface area contributed by atoms with Gasteiger partial charge in [0.25, 0.3) is 5.56 Å². The third kappa shape index (κ3) is 4.84. The summed E-state index contributed by atoms with van der Waals surface area (Å²) in [5, 5.41) is 0. The van der Waals surface area contributed by atoms with E-state index in [2.05, 4.69) is 4.72 Å². The highest BCUT2D eigenvalue weighted by molar-refractivity contribution is 7.89. The van der Waals surface area contributed by atoms with Crippen LogP contribution < -0.4 is 15.0 Å². The molecule has 0 radical (unpaired) electrons.